The van der Waals surface area contributed by atoms with E-state index in [1.807, 2.05) is 24.3 Å². The predicted molar refractivity (Wildman–Crippen MR) is 90.0 cm³/mol. The molecule has 0 spiro atoms. The van der Waals surface area contributed by atoms with Crippen molar-refractivity contribution in [3.63, 3.8) is 0 Å². The highest BCUT2D eigenvalue weighted by atomic mass is 79.9. The van der Waals surface area contributed by atoms with Crippen LogP contribution in [0.25, 0.3) is 0 Å². The molecule has 2 aromatic rings. The Labute approximate surface area is 142 Å². The van der Waals surface area contributed by atoms with Crippen LogP contribution in [0.2, 0.25) is 0 Å². The van der Waals surface area contributed by atoms with Crippen LogP contribution in [0.5, 0.6) is 5.75 Å². The number of rotatable bonds is 7. The highest BCUT2D eigenvalue weighted by Crippen LogP contribution is 2.26. The molecule has 1 aromatic heterocycles. The van der Waals surface area contributed by atoms with Crippen molar-refractivity contribution in [3.05, 3.63) is 45.7 Å². The number of hydrogen-bond acceptors (Lipinski definition) is 5. The third-order valence-electron chi connectivity index (χ3n) is 3.02. The Hall–Kier alpha value is -0.930. The van der Waals surface area contributed by atoms with Crippen molar-refractivity contribution in [2.75, 3.05) is 20.8 Å². The third-order valence-corrected chi connectivity index (χ3v) is 6.56. The van der Waals surface area contributed by atoms with E-state index in [0.29, 0.717) is 5.75 Å². The second kappa shape index (κ2) is 7.56. The summed E-state index contributed by atoms with van der Waals surface area (Å²) < 4.78 is 38.6. The third kappa shape index (κ3) is 4.30. The minimum absolute atomic E-state index is 0.140. The smallest absolute Gasteiger partial charge is 0.250 e. The molecule has 0 aliphatic rings. The number of thiophene rings is 1. The van der Waals surface area contributed by atoms with E-state index in [2.05, 4.69) is 20.7 Å². The number of methoxy groups -OCH3 is 2. The van der Waals surface area contributed by atoms with Gasteiger partial charge in [-0.2, -0.15) is 0 Å². The average Bonchev–Trinajstić information content (AvgIpc) is 2.95. The zero-order valence-corrected chi connectivity index (χ0v) is 15.3. The molecule has 1 unspecified atom stereocenters. The van der Waals surface area contributed by atoms with E-state index in [1.165, 1.54) is 0 Å². The maximum atomic E-state index is 12.2. The molecule has 0 amide bonds. The van der Waals surface area contributed by atoms with Crippen molar-refractivity contribution >= 4 is 37.3 Å². The molecule has 0 fully saturated rings. The summed E-state index contributed by atoms with van der Waals surface area (Å²) in [5.74, 6) is 0.699. The highest BCUT2D eigenvalue weighted by molar-refractivity contribution is 9.11. The van der Waals surface area contributed by atoms with Gasteiger partial charge in [-0.3, -0.25) is 0 Å². The van der Waals surface area contributed by atoms with Crippen LogP contribution in [0.1, 0.15) is 11.7 Å². The van der Waals surface area contributed by atoms with Crippen molar-refractivity contribution in [2.45, 2.75) is 10.3 Å². The van der Waals surface area contributed by atoms with Crippen LogP contribution in [-0.4, -0.2) is 29.2 Å². The summed E-state index contributed by atoms with van der Waals surface area (Å²) in [7, 11) is -0.418. The van der Waals surface area contributed by atoms with Crippen molar-refractivity contribution < 1.29 is 17.9 Å². The van der Waals surface area contributed by atoms with E-state index in [1.54, 1.807) is 26.4 Å². The summed E-state index contributed by atoms with van der Waals surface area (Å²) in [6, 6.07) is 10.6. The molecule has 1 atom stereocenters. The van der Waals surface area contributed by atoms with Crippen LogP contribution in [0, 0.1) is 0 Å². The molecule has 0 aliphatic heterocycles. The fraction of sp³-hybridized carbons (Fsp3) is 0.286. The lowest BCUT2D eigenvalue weighted by atomic mass is 10.1. The molecule has 120 valence electrons. The fourth-order valence-electron chi connectivity index (χ4n) is 1.88. The first-order valence-corrected chi connectivity index (χ1v) is 9.47. The summed E-state index contributed by atoms with van der Waals surface area (Å²) in [5.41, 5.74) is 0.844. The Bertz CT molecular complexity index is 730. The quantitative estimate of drug-likeness (QED) is 0.767. The molecule has 0 radical (unpaired) electrons. The number of halogens is 1. The van der Waals surface area contributed by atoms with Gasteiger partial charge in [0.05, 0.1) is 17.0 Å². The molecular formula is C14H16BrNO4S2. The van der Waals surface area contributed by atoms with Gasteiger partial charge < -0.3 is 9.47 Å². The molecule has 5 nitrogen and oxygen atoms in total. The van der Waals surface area contributed by atoms with Gasteiger partial charge in [0.2, 0.25) is 10.0 Å². The number of nitrogens with one attached hydrogen (secondary N) is 1. The Balaban J connectivity index is 2.10. The molecule has 0 aliphatic carbocycles. The van der Waals surface area contributed by atoms with Gasteiger partial charge in [-0.1, -0.05) is 12.1 Å². The Kier molecular flexibility index (Phi) is 5.99. The average molecular weight is 406 g/mol. The Morgan fingerprint density at radius 1 is 1.27 bits per heavy atom. The van der Waals surface area contributed by atoms with Crippen LogP contribution in [0.4, 0.5) is 0 Å². The SMILES string of the molecule is COc1cccc(C(CNS(=O)(=O)c2ccc(Br)s2)OC)c1. The van der Waals surface area contributed by atoms with Gasteiger partial charge >= 0.3 is 0 Å². The lowest BCUT2D eigenvalue weighted by Gasteiger charge is -2.17. The maximum absolute atomic E-state index is 12.2. The van der Waals surface area contributed by atoms with Gasteiger partial charge in [0, 0.05) is 13.7 Å². The predicted octanol–water partition coefficient (Wildman–Crippen LogP) is 3.19. The molecule has 0 saturated heterocycles. The summed E-state index contributed by atoms with van der Waals surface area (Å²) >= 11 is 4.42. The van der Waals surface area contributed by atoms with Crippen molar-refractivity contribution in [3.8, 4) is 5.75 Å². The van der Waals surface area contributed by atoms with Crippen LogP contribution in [-0.2, 0) is 14.8 Å². The number of hydrogen-bond donors (Lipinski definition) is 1. The zero-order chi connectivity index (χ0) is 16.2. The van der Waals surface area contributed by atoms with E-state index in [4.69, 9.17) is 9.47 Å². The standard InChI is InChI=1S/C14H16BrNO4S2/c1-19-11-5-3-4-10(8-11)12(20-2)9-16-22(17,18)14-7-6-13(15)21-14/h3-8,12,16H,9H2,1-2H3. The molecule has 22 heavy (non-hydrogen) atoms. The first-order chi connectivity index (χ1) is 10.5. The fourth-order valence-corrected chi connectivity index (χ4v) is 4.96. The molecular weight excluding hydrogens is 390 g/mol. The minimum atomic E-state index is -3.54. The molecule has 1 N–H and O–H groups in total. The van der Waals surface area contributed by atoms with Gasteiger partial charge in [0.15, 0.2) is 0 Å². The summed E-state index contributed by atoms with van der Waals surface area (Å²) in [6.07, 6.45) is -0.395. The van der Waals surface area contributed by atoms with Gasteiger partial charge in [0.25, 0.3) is 0 Å². The number of benzene rings is 1. The van der Waals surface area contributed by atoms with Crippen LogP contribution in [0.15, 0.2) is 44.4 Å². The first kappa shape index (κ1) is 17.4. The van der Waals surface area contributed by atoms with E-state index in [9.17, 15) is 8.42 Å². The van der Waals surface area contributed by atoms with Crippen molar-refractivity contribution in [2.24, 2.45) is 0 Å². The van der Waals surface area contributed by atoms with E-state index in [-0.39, 0.29) is 10.8 Å². The number of sulfonamides is 1. The second-order valence-corrected chi connectivity index (χ2v) is 8.87. The van der Waals surface area contributed by atoms with E-state index in [0.717, 1.165) is 20.7 Å². The molecule has 0 saturated carbocycles. The van der Waals surface area contributed by atoms with Crippen molar-refractivity contribution in [1.82, 2.24) is 4.72 Å². The van der Waals surface area contributed by atoms with Crippen LogP contribution < -0.4 is 9.46 Å². The molecule has 8 heteroatoms. The van der Waals surface area contributed by atoms with E-state index < -0.39 is 16.1 Å². The summed E-state index contributed by atoms with van der Waals surface area (Å²) in [4.78, 5) is 0. The van der Waals surface area contributed by atoms with Gasteiger partial charge in [-0.15, -0.1) is 11.3 Å². The largest absolute Gasteiger partial charge is 0.497 e. The lowest BCUT2D eigenvalue weighted by molar-refractivity contribution is 0.107. The minimum Gasteiger partial charge on any atom is -0.497 e. The monoisotopic (exact) mass is 405 g/mol. The normalized spacial score (nSPS) is 13.0. The zero-order valence-electron chi connectivity index (χ0n) is 12.1. The van der Waals surface area contributed by atoms with Gasteiger partial charge in [-0.05, 0) is 45.8 Å². The summed E-state index contributed by atoms with van der Waals surface area (Å²) in [5, 5.41) is 0. The van der Waals surface area contributed by atoms with Gasteiger partial charge in [-0.25, -0.2) is 13.1 Å². The van der Waals surface area contributed by atoms with Gasteiger partial charge in [0.1, 0.15) is 9.96 Å². The lowest BCUT2D eigenvalue weighted by Crippen LogP contribution is -2.28. The topological polar surface area (TPSA) is 64.6 Å². The van der Waals surface area contributed by atoms with E-state index >= 15 is 0 Å². The van der Waals surface area contributed by atoms with Crippen LogP contribution in [0.3, 0.4) is 0 Å². The second-order valence-electron chi connectivity index (χ2n) is 4.41. The Morgan fingerprint density at radius 3 is 2.64 bits per heavy atom. The first-order valence-electron chi connectivity index (χ1n) is 6.38. The molecule has 1 aromatic carbocycles. The maximum Gasteiger partial charge on any atom is 0.250 e. The molecule has 0 bridgehead atoms. The highest BCUT2D eigenvalue weighted by Gasteiger charge is 2.19. The Morgan fingerprint density at radius 2 is 2.05 bits per heavy atom. The number of ether oxygens (including phenoxy) is 2. The summed E-state index contributed by atoms with van der Waals surface area (Å²) in [6.45, 7) is 0.140. The van der Waals surface area contributed by atoms with Crippen LogP contribution >= 0.6 is 27.3 Å². The van der Waals surface area contributed by atoms with Crippen molar-refractivity contribution in [1.29, 1.82) is 0 Å². The molecule has 1 heterocycles. The molecule has 2 rings (SSSR count).